The lowest BCUT2D eigenvalue weighted by molar-refractivity contribution is 0.403. The highest BCUT2D eigenvalue weighted by molar-refractivity contribution is 5.33. The lowest BCUT2D eigenvalue weighted by Crippen LogP contribution is -2.01. The molecule has 28 heavy (non-hydrogen) atoms. The molecule has 0 aliphatic carbocycles. The van der Waals surface area contributed by atoms with E-state index in [1.54, 1.807) is 0 Å². The predicted molar refractivity (Wildman–Crippen MR) is 100 cm³/mol. The molecule has 0 N–H and O–H groups in total. The molecule has 0 unspecified atom stereocenters. The number of rotatable bonds is 8. The monoisotopic (exact) mass is 388 g/mol. The van der Waals surface area contributed by atoms with Gasteiger partial charge in [0.25, 0.3) is 0 Å². The molecule has 3 aromatic carbocycles. The molecule has 3 aromatic rings. The Morgan fingerprint density at radius 1 is 0.607 bits per heavy atom. The third-order valence-corrected chi connectivity index (χ3v) is 4.47. The molecule has 0 amide bonds. The van der Waals surface area contributed by atoms with Crippen molar-refractivity contribution in [3.05, 3.63) is 95.1 Å². The molecule has 5 heteroatoms. The van der Waals surface area contributed by atoms with Crippen LogP contribution < -0.4 is 4.74 Å². The average molecular weight is 388 g/mol. The van der Waals surface area contributed by atoms with E-state index in [9.17, 15) is 17.6 Å². The normalized spacial score (nSPS) is 10.9. The molecule has 0 atom stereocenters. The maximum Gasteiger partial charge on any atom is 0.197 e. The number of ether oxygens (including phenoxy) is 1. The van der Waals surface area contributed by atoms with E-state index in [-0.39, 0.29) is 12.0 Å². The minimum Gasteiger partial charge on any atom is -0.457 e. The molecule has 0 saturated heterocycles. The fourth-order valence-corrected chi connectivity index (χ4v) is 3.01. The van der Waals surface area contributed by atoms with Gasteiger partial charge in [-0.2, -0.15) is 0 Å². The number of halogens is 4. The number of hydrogen-bond acceptors (Lipinski definition) is 1. The summed E-state index contributed by atoms with van der Waals surface area (Å²) in [6, 6.07) is 18.0. The maximum atomic E-state index is 13.6. The highest BCUT2D eigenvalue weighted by atomic mass is 19.2. The van der Waals surface area contributed by atoms with Crippen LogP contribution in [0.5, 0.6) is 11.5 Å². The molecule has 146 valence electrons. The van der Waals surface area contributed by atoms with Gasteiger partial charge in [-0.3, -0.25) is 0 Å². The van der Waals surface area contributed by atoms with Crippen LogP contribution in [0.1, 0.15) is 30.4 Å². The number of aryl methyl sites for hydroxylation is 2. The van der Waals surface area contributed by atoms with Gasteiger partial charge in [0.05, 0.1) is 0 Å². The van der Waals surface area contributed by atoms with Crippen molar-refractivity contribution >= 4 is 0 Å². The van der Waals surface area contributed by atoms with E-state index in [2.05, 4.69) is 0 Å². The molecule has 0 fully saturated rings. The van der Waals surface area contributed by atoms with Gasteiger partial charge in [0, 0.05) is 0 Å². The number of hydrogen-bond donors (Lipinski definition) is 0. The third kappa shape index (κ3) is 5.12. The molecule has 0 aromatic heterocycles. The number of unbranched alkanes of at least 4 members (excludes halogenated alkanes) is 2. The van der Waals surface area contributed by atoms with E-state index in [0.717, 1.165) is 42.4 Å². The van der Waals surface area contributed by atoms with Gasteiger partial charge in [-0.05, 0) is 67.1 Å². The summed E-state index contributed by atoms with van der Waals surface area (Å²) in [4.78, 5) is 0. The average Bonchev–Trinajstić information content (AvgIpc) is 2.71. The zero-order chi connectivity index (χ0) is 19.9. The number of benzene rings is 3. The first-order valence-electron chi connectivity index (χ1n) is 9.18. The summed E-state index contributed by atoms with van der Waals surface area (Å²) < 4.78 is 58.9. The molecule has 0 spiro atoms. The van der Waals surface area contributed by atoms with Gasteiger partial charge >= 0.3 is 0 Å². The summed E-state index contributed by atoms with van der Waals surface area (Å²) in [6.07, 6.45) is 3.12. The van der Waals surface area contributed by atoms with Crippen LogP contribution in [0.15, 0.2) is 60.7 Å². The van der Waals surface area contributed by atoms with Crippen LogP contribution in [0.25, 0.3) is 0 Å². The molecule has 3 rings (SSSR count). The minimum atomic E-state index is -1.76. The summed E-state index contributed by atoms with van der Waals surface area (Å²) in [5.41, 5.74) is 0.980. The standard InChI is InChI=1S/C23H20F4O/c24-20-15-17(21(25)23(27)22(20)26)10-4-1-3-8-16-9-7-13-19(14-16)28-18-11-5-2-6-12-18/h2,5-7,9,11-15H,1,3-4,8,10H2. The molecule has 0 aliphatic rings. The first-order chi connectivity index (χ1) is 13.5. The summed E-state index contributed by atoms with van der Waals surface area (Å²) in [7, 11) is 0. The topological polar surface area (TPSA) is 9.23 Å². The van der Waals surface area contributed by atoms with E-state index in [4.69, 9.17) is 4.74 Å². The van der Waals surface area contributed by atoms with Crippen molar-refractivity contribution in [3.63, 3.8) is 0 Å². The van der Waals surface area contributed by atoms with Crippen LogP contribution in [-0.2, 0) is 12.8 Å². The van der Waals surface area contributed by atoms with Crippen LogP contribution in [0.4, 0.5) is 17.6 Å². The molecule has 0 heterocycles. The zero-order valence-electron chi connectivity index (χ0n) is 15.2. The van der Waals surface area contributed by atoms with E-state index in [1.165, 1.54) is 0 Å². The van der Waals surface area contributed by atoms with Crippen molar-refractivity contribution in [2.75, 3.05) is 0 Å². The van der Waals surface area contributed by atoms with Gasteiger partial charge in [0.1, 0.15) is 11.5 Å². The Kier molecular flexibility index (Phi) is 6.69. The van der Waals surface area contributed by atoms with Crippen LogP contribution in [0.3, 0.4) is 0 Å². The summed E-state index contributed by atoms with van der Waals surface area (Å²) >= 11 is 0. The second-order valence-corrected chi connectivity index (χ2v) is 6.58. The second kappa shape index (κ2) is 9.40. The first-order valence-corrected chi connectivity index (χ1v) is 9.18. The highest BCUT2D eigenvalue weighted by Crippen LogP contribution is 2.23. The fourth-order valence-electron chi connectivity index (χ4n) is 3.01. The lowest BCUT2D eigenvalue weighted by atomic mass is 10.0. The maximum absolute atomic E-state index is 13.6. The van der Waals surface area contributed by atoms with Gasteiger partial charge in [-0.15, -0.1) is 0 Å². The van der Waals surface area contributed by atoms with Crippen molar-refractivity contribution in [3.8, 4) is 11.5 Å². The quantitative estimate of drug-likeness (QED) is 0.175. The lowest BCUT2D eigenvalue weighted by Gasteiger charge is -2.08. The number of para-hydroxylation sites is 1. The van der Waals surface area contributed by atoms with E-state index in [1.807, 2.05) is 54.6 Å². The van der Waals surface area contributed by atoms with Crippen LogP contribution >= 0.6 is 0 Å². The molecule has 0 aliphatic heterocycles. The smallest absolute Gasteiger partial charge is 0.197 e. The molecule has 1 nitrogen and oxygen atoms in total. The molecular weight excluding hydrogens is 368 g/mol. The Balaban J connectivity index is 1.48. The summed E-state index contributed by atoms with van der Waals surface area (Å²) in [5, 5.41) is 0. The van der Waals surface area contributed by atoms with Crippen molar-refractivity contribution in [1.82, 2.24) is 0 Å². The van der Waals surface area contributed by atoms with Gasteiger partial charge in [-0.1, -0.05) is 36.8 Å². The van der Waals surface area contributed by atoms with Crippen molar-refractivity contribution < 1.29 is 22.3 Å². The SMILES string of the molecule is Fc1cc(CCCCCc2cccc(Oc3ccccc3)c2)c(F)c(F)c1F. The van der Waals surface area contributed by atoms with E-state index in [0.29, 0.717) is 6.42 Å². The van der Waals surface area contributed by atoms with Crippen molar-refractivity contribution in [2.24, 2.45) is 0 Å². The van der Waals surface area contributed by atoms with E-state index < -0.39 is 23.3 Å². The van der Waals surface area contributed by atoms with Crippen molar-refractivity contribution in [2.45, 2.75) is 32.1 Å². The zero-order valence-corrected chi connectivity index (χ0v) is 15.2. The summed E-state index contributed by atoms with van der Waals surface area (Å²) in [6.45, 7) is 0. The molecule has 0 radical (unpaired) electrons. The molecule has 0 bridgehead atoms. The van der Waals surface area contributed by atoms with E-state index >= 15 is 0 Å². The van der Waals surface area contributed by atoms with Crippen LogP contribution in [0, 0.1) is 23.3 Å². The Hall–Kier alpha value is -2.82. The first kappa shape index (κ1) is 19.9. The largest absolute Gasteiger partial charge is 0.457 e. The summed E-state index contributed by atoms with van der Waals surface area (Å²) in [5.74, 6) is -4.65. The Morgan fingerprint density at radius 2 is 1.32 bits per heavy atom. The van der Waals surface area contributed by atoms with Gasteiger partial charge in [-0.25, -0.2) is 17.6 Å². The Morgan fingerprint density at radius 3 is 2.11 bits per heavy atom. The minimum absolute atomic E-state index is 0.130. The predicted octanol–water partition coefficient (Wildman–Crippen LogP) is 6.99. The fraction of sp³-hybridized carbons (Fsp3) is 0.217. The van der Waals surface area contributed by atoms with Crippen LogP contribution in [-0.4, -0.2) is 0 Å². The van der Waals surface area contributed by atoms with Crippen molar-refractivity contribution in [1.29, 1.82) is 0 Å². The molecular formula is C23H20F4O. The third-order valence-electron chi connectivity index (χ3n) is 4.47. The van der Waals surface area contributed by atoms with Crippen LogP contribution in [0.2, 0.25) is 0 Å². The van der Waals surface area contributed by atoms with Gasteiger partial charge in [0.15, 0.2) is 23.3 Å². The second-order valence-electron chi connectivity index (χ2n) is 6.58. The van der Waals surface area contributed by atoms with Gasteiger partial charge < -0.3 is 4.74 Å². The Bertz CT molecular complexity index is 925. The highest BCUT2D eigenvalue weighted by Gasteiger charge is 2.18. The van der Waals surface area contributed by atoms with Gasteiger partial charge in [0.2, 0.25) is 0 Å². The molecule has 0 saturated carbocycles. The Labute approximate surface area is 161 Å².